The molecule has 0 saturated heterocycles. The van der Waals surface area contributed by atoms with E-state index in [4.69, 9.17) is 13.0 Å². The Labute approximate surface area is 53.5 Å². The summed E-state index contributed by atoms with van der Waals surface area (Å²) in [7, 11) is 5.18. The molecule has 2 radical (unpaired) electrons. The lowest BCUT2D eigenvalue weighted by Crippen LogP contribution is -2.00. The van der Waals surface area contributed by atoms with Gasteiger partial charge in [-0.3, -0.25) is 0 Å². The van der Waals surface area contributed by atoms with Crippen molar-refractivity contribution in [2.24, 2.45) is 0 Å². The third-order valence-corrected chi connectivity index (χ3v) is 0.972. The highest BCUT2D eigenvalue weighted by atomic mass is 19.1. The van der Waals surface area contributed by atoms with Gasteiger partial charge in [-0.2, -0.15) is 0 Å². The second-order valence-electron chi connectivity index (χ2n) is 1.71. The fraction of sp³-hybridized carbons (Fsp3) is 0. The average Bonchev–Trinajstić information content (AvgIpc) is 1.80. The molecule has 0 bridgehead atoms. The van der Waals surface area contributed by atoms with E-state index in [1.165, 1.54) is 12.1 Å². The molecule has 0 aromatic heterocycles. The molecule has 1 N–H and O–H groups in total. The number of hydrogen-bond acceptors (Lipinski definition) is 1. The molecule has 1 aromatic carbocycles. The number of halogens is 1. The van der Waals surface area contributed by atoms with Gasteiger partial charge in [0, 0.05) is 0 Å². The largest absolute Gasteiger partial charge is 0.505 e. The van der Waals surface area contributed by atoms with E-state index in [0.29, 0.717) is 5.46 Å². The molecule has 0 fully saturated rings. The fourth-order valence-corrected chi connectivity index (χ4v) is 0.523. The summed E-state index contributed by atoms with van der Waals surface area (Å²) in [5.74, 6) is -1.06. The second-order valence-corrected chi connectivity index (χ2v) is 1.71. The van der Waals surface area contributed by atoms with Crippen molar-refractivity contribution in [1.82, 2.24) is 0 Å². The van der Waals surface area contributed by atoms with Crippen LogP contribution < -0.4 is 5.46 Å². The maximum Gasteiger partial charge on any atom is 0.164 e. The molecule has 44 valence electrons. The Morgan fingerprint density at radius 2 is 2.11 bits per heavy atom. The summed E-state index contributed by atoms with van der Waals surface area (Å²) in [6.07, 6.45) is 0. The van der Waals surface area contributed by atoms with E-state index in [9.17, 15) is 4.39 Å². The summed E-state index contributed by atoms with van der Waals surface area (Å²) in [5, 5.41) is 8.61. The van der Waals surface area contributed by atoms with Gasteiger partial charge in [-0.05, 0) is 12.1 Å². The van der Waals surface area contributed by atoms with Crippen LogP contribution in [0.25, 0.3) is 0 Å². The van der Waals surface area contributed by atoms with Crippen LogP contribution in [0.3, 0.4) is 0 Å². The van der Waals surface area contributed by atoms with Crippen LogP contribution >= 0.6 is 0 Å². The summed E-state index contributed by atoms with van der Waals surface area (Å²) in [5.41, 5.74) is 0.310. The number of phenolic OH excluding ortho intramolecular Hbond substituents is 1. The van der Waals surface area contributed by atoms with Gasteiger partial charge in [-0.15, -0.1) is 0 Å². The molecule has 1 rings (SSSR count). The van der Waals surface area contributed by atoms with Gasteiger partial charge in [-0.25, -0.2) is 4.39 Å². The van der Waals surface area contributed by atoms with E-state index in [0.717, 1.165) is 6.07 Å². The molecule has 3 heteroatoms. The summed E-state index contributed by atoms with van der Waals surface area (Å²) in [6, 6.07) is 3.71. The Morgan fingerprint density at radius 3 is 2.56 bits per heavy atom. The molecule has 0 aliphatic heterocycles. The number of phenols is 1. The lowest BCUT2D eigenvalue weighted by molar-refractivity contribution is 0.433. The Kier molecular flexibility index (Phi) is 1.43. The smallest absolute Gasteiger partial charge is 0.164 e. The van der Waals surface area contributed by atoms with Gasteiger partial charge in [0.2, 0.25) is 0 Å². The van der Waals surface area contributed by atoms with E-state index in [-0.39, 0.29) is 5.75 Å². The third-order valence-electron chi connectivity index (χ3n) is 0.972. The van der Waals surface area contributed by atoms with E-state index in [1.807, 2.05) is 0 Å². The topological polar surface area (TPSA) is 20.2 Å². The highest BCUT2D eigenvalue weighted by molar-refractivity contribution is 6.32. The van der Waals surface area contributed by atoms with Crippen molar-refractivity contribution >= 4 is 13.3 Å². The normalized spacial score (nSPS) is 9.44. The van der Waals surface area contributed by atoms with Crippen molar-refractivity contribution < 1.29 is 9.50 Å². The quantitative estimate of drug-likeness (QED) is 0.491. The zero-order valence-electron chi connectivity index (χ0n) is 4.63. The van der Waals surface area contributed by atoms with Gasteiger partial charge in [0.15, 0.2) is 11.6 Å². The SMILES string of the molecule is [B]c1ccc(O)c(F)c1. The Hall–Kier alpha value is -0.985. The molecule has 9 heavy (non-hydrogen) atoms. The molecule has 0 spiro atoms. The zero-order valence-corrected chi connectivity index (χ0v) is 4.63. The van der Waals surface area contributed by atoms with E-state index in [2.05, 4.69) is 0 Å². The van der Waals surface area contributed by atoms with E-state index >= 15 is 0 Å². The van der Waals surface area contributed by atoms with Gasteiger partial charge in [-0.1, -0.05) is 11.5 Å². The molecule has 0 atom stereocenters. The third kappa shape index (κ3) is 1.22. The Balaban J connectivity index is 3.17. The van der Waals surface area contributed by atoms with Crippen LogP contribution in [0, 0.1) is 5.82 Å². The van der Waals surface area contributed by atoms with Crippen LogP contribution in [-0.2, 0) is 0 Å². The first-order valence-corrected chi connectivity index (χ1v) is 2.44. The molecule has 0 saturated carbocycles. The summed E-state index contributed by atoms with van der Waals surface area (Å²) >= 11 is 0. The van der Waals surface area contributed by atoms with E-state index < -0.39 is 5.82 Å². The van der Waals surface area contributed by atoms with Crippen LogP contribution in [0.4, 0.5) is 4.39 Å². The van der Waals surface area contributed by atoms with Crippen LogP contribution in [0.5, 0.6) is 5.75 Å². The minimum Gasteiger partial charge on any atom is -0.505 e. The Morgan fingerprint density at radius 1 is 1.44 bits per heavy atom. The standard InChI is InChI=1S/C6H4BFO/c7-4-1-2-6(9)5(8)3-4/h1-3,9H. The maximum atomic E-state index is 12.2. The monoisotopic (exact) mass is 122 g/mol. The van der Waals surface area contributed by atoms with Crippen LogP contribution in [-0.4, -0.2) is 13.0 Å². The average molecular weight is 122 g/mol. The summed E-state index contributed by atoms with van der Waals surface area (Å²) in [4.78, 5) is 0. The zero-order chi connectivity index (χ0) is 6.85. The van der Waals surface area contributed by atoms with Crippen molar-refractivity contribution in [3.63, 3.8) is 0 Å². The highest BCUT2D eigenvalue weighted by Crippen LogP contribution is 2.10. The summed E-state index contributed by atoms with van der Waals surface area (Å²) < 4.78 is 12.2. The van der Waals surface area contributed by atoms with Gasteiger partial charge < -0.3 is 5.11 Å². The molecule has 0 heterocycles. The lowest BCUT2D eigenvalue weighted by atomic mass is 9.96. The molecule has 1 aromatic rings. The molecule has 0 aliphatic carbocycles. The predicted molar refractivity (Wildman–Crippen MR) is 33.5 cm³/mol. The van der Waals surface area contributed by atoms with Crippen molar-refractivity contribution in [3.8, 4) is 5.75 Å². The minimum absolute atomic E-state index is 0.310. The van der Waals surface area contributed by atoms with Gasteiger partial charge >= 0.3 is 0 Å². The first kappa shape index (κ1) is 6.14. The number of hydrogen-bond donors (Lipinski definition) is 1. The number of aromatic hydroxyl groups is 1. The molecule has 0 amide bonds. The van der Waals surface area contributed by atoms with Crippen LogP contribution in [0.15, 0.2) is 18.2 Å². The molecule has 1 nitrogen and oxygen atoms in total. The second kappa shape index (κ2) is 2.09. The van der Waals surface area contributed by atoms with Crippen molar-refractivity contribution in [2.75, 3.05) is 0 Å². The first-order chi connectivity index (χ1) is 4.20. The molecule has 0 unspecified atom stereocenters. The van der Waals surface area contributed by atoms with Crippen LogP contribution in [0.2, 0.25) is 0 Å². The minimum atomic E-state index is -0.685. The van der Waals surface area contributed by atoms with Crippen molar-refractivity contribution in [1.29, 1.82) is 0 Å². The first-order valence-electron chi connectivity index (χ1n) is 2.44. The molecular weight excluding hydrogens is 118 g/mol. The van der Waals surface area contributed by atoms with E-state index in [1.54, 1.807) is 0 Å². The van der Waals surface area contributed by atoms with Gasteiger partial charge in [0.25, 0.3) is 0 Å². The lowest BCUT2D eigenvalue weighted by Gasteiger charge is -1.94. The maximum absolute atomic E-state index is 12.2. The van der Waals surface area contributed by atoms with Crippen LogP contribution in [0.1, 0.15) is 0 Å². The number of benzene rings is 1. The Bertz CT molecular complexity index is 224. The highest BCUT2D eigenvalue weighted by Gasteiger charge is 1.95. The number of rotatable bonds is 0. The summed E-state index contributed by atoms with van der Waals surface area (Å²) in [6.45, 7) is 0. The molecule has 0 aliphatic rings. The van der Waals surface area contributed by atoms with Crippen molar-refractivity contribution in [2.45, 2.75) is 0 Å². The molecular formula is C6H4BFO. The predicted octanol–water partition coefficient (Wildman–Crippen LogP) is 0.325. The van der Waals surface area contributed by atoms with Gasteiger partial charge in [0.1, 0.15) is 7.85 Å². The van der Waals surface area contributed by atoms with Gasteiger partial charge in [0.05, 0.1) is 0 Å². The fourth-order valence-electron chi connectivity index (χ4n) is 0.523. The van der Waals surface area contributed by atoms with Crippen molar-refractivity contribution in [3.05, 3.63) is 24.0 Å².